The number of nitrogens with one attached hydrogen (secondary N) is 1. The van der Waals surface area contributed by atoms with Crippen molar-refractivity contribution in [3.63, 3.8) is 0 Å². The van der Waals surface area contributed by atoms with Gasteiger partial charge in [-0.3, -0.25) is 4.79 Å². The number of hydrogen-bond donors (Lipinski definition) is 3. The Bertz CT molecular complexity index is 387. The van der Waals surface area contributed by atoms with E-state index in [2.05, 4.69) is 26.2 Å². The van der Waals surface area contributed by atoms with Gasteiger partial charge in [-0.2, -0.15) is 0 Å². The molecule has 94 valence electrons. The molecule has 0 saturated heterocycles. The maximum absolute atomic E-state index is 10.6. The van der Waals surface area contributed by atoms with Crippen LogP contribution in [0.3, 0.4) is 0 Å². The number of pyridine rings is 1. The second kappa shape index (κ2) is 6.68. The zero-order valence-electron chi connectivity index (χ0n) is 9.43. The normalized spacial score (nSPS) is 14.1. The molecular weight excluding hydrogens is 288 g/mol. The molecule has 1 rings (SSSR count). The van der Waals surface area contributed by atoms with Crippen LogP contribution in [0.25, 0.3) is 0 Å². The lowest BCUT2D eigenvalue weighted by Crippen LogP contribution is -2.27. The van der Waals surface area contributed by atoms with Crippen LogP contribution < -0.4 is 5.32 Å². The molecule has 0 aliphatic carbocycles. The summed E-state index contributed by atoms with van der Waals surface area (Å²) in [6.45, 7) is 1.74. The standard InChI is InChI=1S/C11H15BrN2O3/c1-7(15)13-5-3-9(16)11(17)8-2-4-14-10(12)6-8/h2,4,6,9,11,16-17H,3,5H2,1H3,(H,13,15). The van der Waals surface area contributed by atoms with Gasteiger partial charge in [0.25, 0.3) is 0 Å². The average Bonchev–Trinajstić information content (AvgIpc) is 2.27. The Morgan fingerprint density at radius 1 is 1.59 bits per heavy atom. The van der Waals surface area contributed by atoms with Crippen molar-refractivity contribution in [2.24, 2.45) is 0 Å². The Balaban J connectivity index is 2.51. The van der Waals surface area contributed by atoms with E-state index in [0.29, 0.717) is 23.1 Å². The number of halogens is 1. The highest BCUT2D eigenvalue weighted by Gasteiger charge is 2.18. The number of carbonyl (C=O) groups is 1. The van der Waals surface area contributed by atoms with Crippen LogP contribution in [0.4, 0.5) is 0 Å². The Hall–Kier alpha value is -0.980. The second-order valence-electron chi connectivity index (χ2n) is 3.70. The molecule has 1 aromatic heterocycles. The summed E-state index contributed by atoms with van der Waals surface area (Å²) in [4.78, 5) is 14.6. The van der Waals surface area contributed by atoms with Crippen LogP contribution in [-0.2, 0) is 4.79 Å². The van der Waals surface area contributed by atoms with Gasteiger partial charge in [0.15, 0.2) is 0 Å². The van der Waals surface area contributed by atoms with Crippen molar-refractivity contribution in [3.05, 3.63) is 28.5 Å². The van der Waals surface area contributed by atoms with Gasteiger partial charge in [0.1, 0.15) is 10.7 Å². The number of aliphatic hydroxyl groups excluding tert-OH is 2. The van der Waals surface area contributed by atoms with Crippen molar-refractivity contribution < 1.29 is 15.0 Å². The molecule has 1 aromatic rings. The molecule has 6 heteroatoms. The molecule has 1 amide bonds. The fourth-order valence-corrected chi connectivity index (χ4v) is 1.76. The topological polar surface area (TPSA) is 82.5 Å². The summed E-state index contributed by atoms with van der Waals surface area (Å²) in [5, 5.41) is 22.2. The average molecular weight is 303 g/mol. The van der Waals surface area contributed by atoms with Crippen molar-refractivity contribution in [3.8, 4) is 0 Å². The van der Waals surface area contributed by atoms with Crippen LogP contribution in [0.2, 0.25) is 0 Å². The molecule has 2 unspecified atom stereocenters. The maximum Gasteiger partial charge on any atom is 0.216 e. The molecule has 0 aliphatic heterocycles. The Labute approximate surface area is 108 Å². The van der Waals surface area contributed by atoms with E-state index in [1.165, 1.54) is 6.92 Å². The van der Waals surface area contributed by atoms with Gasteiger partial charge in [-0.15, -0.1) is 0 Å². The molecule has 17 heavy (non-hydrogen) atoms. The number of rotatable bonds is 5. The van der Waals surface area contributed by atoms with Crippen LogP contribution in [-0.4, -0.2) is 33.8 Å². The van der Waals surface area contributed by atoms with Gasteiger partial charge in [0.05, 0.1) is 6.10 Å². The largest absolute Gasteiger partial charge is 0.390 e. The van der Waals surface area contributed by atoms with Gasteiger partial charge in [-0.25, -0.2) is 4.98 Å². The number of amides is 1. The molecule has 0 fully saturated rings. The minimum absolute atomic E-state index is 0.154. The Kier molecular flexibility index (Phi) is 5.54. The van der Waals surface area contributed by atoms with Crippen LogP contribution in [0, 0.1) is 0 Å². The first-order chi connectivity index (χ1) is 8.00. The predicted molar refractivity (Wildman–Crippen MR) is 66.2 cm³/mol. The Morgan fingerprint density at radius 2 is 2.29 bits per heavy atom. The number of carbonyl (C=O) groups excluding carboxylic acids is 1. The molecule has 0 aliphatic rings. The van der Waals surface area contributed by atoms with Crippen molar-refractivity contribution in [2.75, 3.05) is 6.54 Å². The highest BCUT2D eigenvalue weighted by Crippen LogP contribution is 2.20. The van der Waals surface area contributed by atoms with Gasteiger partial charge in [0.2, 0.25) is 5.91 Å². The third kappa shape index (κ3) is 4.80. The summed E-state index contributed by atoms with van der Waals surface area (Å²) >= 11 is 3.19. The lowest BCUT2D eigenvalue weighted by atomic mass is 10.0. The van der Waals surface area contributed by atoms with Gasteiger partial charge >= 0.3 is 0 Å². The molecule has 3 N–H and O–H groups in total. The molecule has 5 nitrogen and oxygen atoms in total. The van der Waals surface area contributed by atoms with Crippen LogP contribution in [0.15, 0.2) is 22.9 Å². The summed E-state index contributed by atoms with van der Waals surface area (Å²) < 4.78 is 0.600. The lowest BCUT2D eigenvalue weighted by molar-refractivity contribution is -0.119. The van der Waals surface area contributed by atoms with Crippen molar-refractivity contribution in [1.29, 1.82) is 0 Å². The zero-order valence-corrected chi connectivity index (χ0v) is 11.0. The third-order valence-electron chi connectivity index (χ3n) is 2.27. The molecule has 0 aromatic carbocycles. The minimum Gasteiger partial charge on any atom is -0.390 e. The molecule has 0 bridgehead atoms. The van der Waals surface area contributed by atoms with Crippen molar-refractivity contribution >= 4 is 21.8 Å². The first-order valence-electron chi connectivity index (χ1n) is 5.22. The molecule has 2 atom stereocenters. The van der Waals surface area contributed by atoms with E-state index in [4.69, 9.17) is 0 Å². The third-order valence-corrected chi connectivity index (χ3v) is 2.70. The van der Waals surface area contributed by atoms with Crippen molar-refractivity contribution in [2.45, 2.75) is 25.6 Å². The lowest BCUT2D eigenvalue weighted by Gasteiger charge is -2.18. The van der Waals surface area contributed by atoms with Gasteiger partial charge < -0.3 is 15.5 Å². The summed E-state index contributed by atoms with van der Waals surface area (Å²) in [5.41, 5.74) is 0.585. The molecule has 0 radical (unpaired) electrons. The zero-order chi connectivity index (χ0) is 12.8. The first-order valence-corrected chi connectivity index (χ1v) is 6.02. The predicted octanol–water partition coefficient (Wildman–Crippen LogP) is 0.765. The van der Waals surface area contributed by atoms with E-state index < -0.39 is 12.2 Å². The smallest absolute Gasteiger partial charge is 0.216 e. The van der Waals surface area contributed by atoms with E-state index in [0.717, 1.165) is 0 Å². The van der Waals surface area contributed by atoms with E-state index in [9.17, 15) is 15.0 Å². The highest BCUT2D eigenvalue weighted by atomic mass is 79.9. The number of aromatic nitrogens is 1. The molecule has 0 spiro atoms. The fourth-order valence-electron chi connectivity index (χ4n) is 1.38. The fraction of sp³-hybridized carbons (Fsp3) is 0.455. The van der Waals surface area contributed by atoms with Crippen molar-refractivity contribution in [1.82, 2.24) is 10.3 Å². The summed E-state index contributed by atoms with van der Waals surface area (Å²) in [7, 11) is 0. The quantitative estimate of drug-likeness (QED) is 0.702. The number of aliphatic hydroxyl groups is 2. The maximum atomic E-state index is 10.6. The molecule has 0 saturated carbocycles. The van der Waals surface area contributed by atoms with E-state index >= 15 is 0 Å². The van der Waals surface area contributed by atoms with Crippen LogP contribution in [0.5, 0.6) is 0 Å². The SMILES string of the molecule is CC(=O)NCCC(O)C(O)c1ccnc(Br)c1. The van der Waals surface area contributed by atoms with E-state index in [1.807, 2.05) is 0 Å². The molecule has 1 heterocycles. The summed E-state index contributed by atoms with van der Waals surface area (Å²) in [6, 6.07) is 3.28. The van der Waals surface area contributed by atoms with Crippen LogP contribution >= 0.6 is 15.9 Å². The monoisotopic (exact) mass is 302 g/mol. The van der Waals surface area contributed by atoms with Gasteiger partial charge in [-0.1, -0.05) is 0 Å². The Morgan fingerprint density at radius 3 is 2.88 bits per heavy atom. The number of nitrogens with zero attached hydrogens (tertiary/aromatic N) is 1. The number of hydrogen-bond acceptors (Lipinski definition) is 4. The van der Waals surface area contributed by atoms with E-state index in [1.54, 1.807) is 18.3 Å². The summed E-state index contributed by atoms with van der Waals surface area (Å²) in [5.74, 6) is -0.154. The summed E-state index contributed by atoms with van der Waals surface area (Å²) in [6.07, 6.45) is -0.0663. The van der Waals surface area contributed by atoms with E-state index in [-0.39, 0.29) is 5.91 Å². The minimum atomic E-state index is -0.983. The highest BCUT2D eigenvalue weighted by molar-refractivity contribution is 9.10. The second-order valence-corrected chi connectivity index (χ2v) is 4.51. The van der Waals surface area contributed by atoms with Gasteiger partial charge in [0, 0.05) is 19.7 Å². The van der Waals surface area contributed by atoms with Gasteiger partial charge in [-0.05, 0) is 40.0 Å². The molecular formula is C11H15BrN2O3. The first kappa shape index (κ1) is 14.1. The van der Waals surface area contributed by atoms with Crippen LogP contribution in [0.1, 0.15) is 25.0 Å².